The van der Waals surface area contributed by atoms with Gasteiger partial charge in [0, 0.05) is 12.7 Å². The number of sulfonamides is 1. The van der Waals surface area contributed by atoms with E-state index in [1.165, 1.54) is 51.9 Å². The van der Waals surface area contributed by atoms with Gasteiger partial charge in [-0.1, -0.05) is 11.8 Å². The SMILES string of the molecule is CC(Sc1nc2sccc2c(=O)n1C)C(=O)Nc1ccc(S(N)(=O)=O)cc1. The molecule has 0 radical (unpaired) electrons. The summed E-state index contributed by atoms with van der Waals surface area (Å²) in [6.45, 7) is 1.70. The van der Waals surface area contributed by atoms with Crippen LogP contribution in [-0.4, -0.2) is 29.1 Å². The second-order valence-electron chi connectivity index (χ2n) is 5.72. The van der Waals surface area contributed by atoms with Crippen LogP contribution in [0.3, 0.4) is 0 Å². The number of carbonyl (C=O) groups is 1. The molecule has 0 bridgehead atoms. The lowest BCUT2D eigenvalue weighted by atomic mass is 10.3. The number of anilines is 1. The molecule has 1 amide bonds. The van der Waals surface area contributed by atoms with Crippen LogP contribution >= 0.6 is 23.1 Å². The molecule has 3 N–H and O–H groups in total. The van der Waals surface area contributed by atoms with Crippen molar-refractivity contribution in [2.45, 2.75) is 22.2 Å². The van der Waals surface area contributed by atoms with Gasteiger partial charge in [0.05, 0.1) is 15.5 Å². The Morgan fingerprint density at radius 1 is 1.30 bits per heavy atom. The number of carbonyl (C=O) groups excluding carboxylic acids is 1. The number of hydrogen-bond acceptors (Lipinski definition) is 7. The third-order valence-electron chi connectivity index (χ3n) is 3.77. The molecular formula is C16H16N4O4S3. The van der Waals surface area contributed by atoms with Crippen molar-refractivity contribution in [2.75, 3.05) is 5.32 Å². The van der Waals surface area contributed by atoms with E-state index in [2.05, 4.69) is 10.3 Å². The molecule has 0 aliphatic carbocycles. The van der Waals surface area contributed by atoms with Gasteiger partial charge in [0.25, 0.3) is 5.56 Å². The normalized spacial score (nSPS) is 12.9. The van der Waals surface area contributed by atoms with Crippen molar-refractivity contribution in [3.63, 3.8) is 0 Å². The third kappa shape index (κ3) is 4.21. The van der Waals surface area contributed by atoms with Gasteiger partial charge in [-0.2, -0.15) is 0 Å². The molecule has 0 aliphatic rings. The van der Waals surface area contributed by atoms with Gasteiger partial charge in [-0.3, -0.25) is 14.2 Å². The van der Waals surface area contributed by atoms with Crippen molar-refractivity contribution >= 4 is 54.9 Å². The molecule has 2 aromatic heterocycles. The maximum atomic E-state index is 12.4. The van der Waals surface area contributed by atoms with E-state index in [0.717, 1.165) is 0 Å². The van der Waals surface area contributed by atoms with Crippen LogP contribution in [0.5, 0.6) is 0 Å². The van der Waals surface area contributed by atoms with Crippen LogP contribution in [0, 0.1) is 0 Å². The summed E-state index contributed by atoms with van der Waals surface area (Å²) in [5.41, 5.74) is 0.283. The van der Waals surface area contributed by atoms with Crippen molar-refractivity contribution in [1.82, 2.24) is 9.55 Å². The van der Waals surface area contributed by atoms with Gasteiger partial charge in [-0.15, -0.1) is 11.3 Å². The van der Waals surface area contributed by atoms with Crippen molar-refractivity contribution in [3.8, 4) is 0 Å². The van der Waals surface area contributed by atoms with Crippen LogP contribution in [0.15, 0.2) is 50.6 Å². The minimum absolute atomic E-state index is 0.0358. The second-order valence-corrected chi connectivity index (χ2v) is 9.48. The number of aromatic nitrogens is 2. The quantitative estimate of drug-likeness (QED) is 0.475. The molecule has 0 aliphatic heterocycles. The fourth-order valence-corrected chi connectivity index (χ4v) is 4.46. The Kier molecular flexibility index (Phi) is 5.38. The summed E-state index contributed by atoms with van der Waals surface area (Å²) < 4.78 is 23.9. The molecule has 0 fully saturated rings. The number of thiophene rings is 1. The van der Waals surface area contributed by atoms with Crippen LogP contribution in [0.4, 0.5) is 5.69 Å². The van der Waals surface area contributed by atoms with Crippen LogP contribution in [0.25, 0.3) is 10.2 Å². The number of rotatable bonds is 5. The van der Waals surface area contributed by atoms with E-state index in [0.29, 0.717) is 21.1 Å². The van der Waals surface area contributed by atoms with E-state index in [-0.39, 0.29) is 16.4 Å². The minimum Gasteiger partial charge on any atom is -0.325 e. The number of amides is 1. The van der Waals surface area contributed by atoms with Gasteiger partial charge in [-0.05, 0) is 42.6 Å². The molecule has 8 nitrogen and oxygen atoms in total. The Morgan fingerprint density at radius 3 is 2.59 bits per heavy atom. The van der Waals surface area contributed by atoms with Gasteiger partial charge in [-0.25, -0.2) is 18.5 Å². The molecule has 3 aromatic rings. The lowest BCUT2D eigenvalue weighted by Gasteiger charge is -2.13. The highest BCUT2D eigenvalue weighted by Crippen LogP contribution is 2.25. The van der Waals surface area contributed by atoms with Crippen molar-refractivity contribution in [1.29, 1.82) is 0 Å². The Hall–Kier alpha value is -2.21. The van der Waals surface area contributed by atoms with Gasteiger partial charge in [0.1, 0.15) is 4.83 Å². The average Bonchev–Trinajstić information content (AvgIpc) is 3.07. The first kappa shape index (κ1) is 19.5. The standard InChI is InChI=1S/C16H16N4O4S3/c1-9(13(21)18-10-3-5-11(6-4-10)27(17,23)24)26-16-19-14-12(7-8-25-14)15(22)20(16)2/h3-9H,1-2H3,(H,18,21)(H2,17,23,24). The van der Waals surface area contributed by atoms with Gasteiger partial charge >= 0.3 is 0 Å². The van der Waals surface area contributed by atoms with Crippen molar-refractivity contribution in [3.05, 3.63) is 46.1 Å². The summed E-state index contributed by atoms with van der Waals surface area (Å²) in [6.07, 6.45) is 0. The molecule has 0 saturated carbocycles. The van der Waals surface area contributed by atoms with E-state index in [1.54, 1.807) is 25.4 Å². The predicted molar refractivity (Wildman–Crippen MR) is 107 cm³/mol. The van der Waals surface area contributed by atoms with E-state index < -0.39 is 15.3 Å². The Morgan fingerprint density at radius 2 is 1.96 bits per heavy atom. The van der Waals surface area contributed by atoms with Crippen molar-refractivity contribution < 1.29 is 13.2 Å². The highest BCUT2D eigenvalue weighted by atomic mass is 32.2. The number of nitrogens with two attached hydrogens (primary N) is 1. The highest BCUT2D eigenvalue weighted by Gasteiger charge is 2.19. The van der Waals surface area contributed by atoms with Gasteiger partial charge in [0.15, 0.2) is 5.16 Å². The lowest BCUT2D eigenvalue weighted by Crippen LogP contribution is -2.25. The number of primary sulfonamides is 1. The number of hydrogen-bond donors (Lipinski definition) is 2. The summed E-state index contributed by atoms with van der Waals surface area (Å²) in [7, 11) is -2.17. The first-order valence-corrected chi connectivity index (χ1v) is 11.0. The zero-order valence-corrected chi connectivity index (χ0v) is 16.8. The number of nitrogens with one attached hydrogen (secondary N) is 1. The molecule has 142 valence electrons. The zero-order chi connectivity index (χ0) is 19.8. The third-order valence-corrected chi connectivity index (χ3v) is 6.65. The molecule has 1 unspecified atom stereocenters. The summed E-state index contributed by atoms with van der Waals surface area (Å²) in [4.78, 5) is 29.8. The summed E-state index contributed by atoms with van der Waals surface area (Å²) in [5, 5.41) is 10.0. The van der Waals surface area contributed by atoms with Gasteiger partial charge < -0.3 is 5.32 Å². The maximum absolute atomic E-state index is 12.4. The Bertz CT molecular complexity index is 1170. The second kappa shape index (κ2) is 7.43. The molecular weight excluding hydrogens is 408 g/mol. The van der Waals surface area contributed by atoms with E-state index in [1.807, 2.05) is 0 Å². The molecule has 2 heterocycles. The monoisotopic (exact) mass is 424 g/mol. The Labute approximate surface area is 163 Å². The molecule has 0 spiro atoms. The average molecular weight is 425 g/mol. The molecule has 1 atom stereocenters. The minimum atomic E-state index is -3.78. The lowest BCUT2D eigenvalue weighted by molar-refractivity contribution is -0.115. The smallest absolute Gasteiger partial charge is 0.262 e. The molecule has 11 heteroatoms. The fraction of sp³-hybridized carbons (Fsp3) is 0.188. The maximum Gasteiger partial charge on any atom is 0.262 e. The predicted octanol–water partition coefficient (Wildman–Crippen LogP) is 1.76. The highest BCUT2D eigenvalue weighted by molar-refractivity contribution is 8.00. The van der Waals surface area contributed by atoms with E-state index in [9.17, 15) is 18.0 Å². The number of fused-ring (bicyclic) bond motifs is 1. The van der Waals surface area contributed by atoms with Crippen LogP contribution in [0.2, 0.25) is 0 Å². The summed E-state index contributed by atoms with van der Waals surface area (Å²) in [6, 6.07) is 7.28. The summed E-state index contributed by atoms with van der Waals surface area (Å²) >= 11 is 2.54. The molecule has 27 heavy (non-hydrogen) atoms. The molecule has 3 rings (SSSR count). The zero-order valence-electron chi connectivity index (χ0n) is 14.4. The van der Waals surface area contributed by atoms with E-state index >= 15 is 0 Å². The van der Waals surface area contributed by atoms with Crippen LogP contribution in [-0.2, 0) is 21.9 Å². The first-order chi connectivity index (χ1) is 12.7. The number of thioether (sulfide) groups is 1. The van der Waals surface area contributed by atoms with E-state index in [4.69, 9.17) is 5.14 Å². The number of benzene rings is 1. The first-order valence-electron chi connectivity index (χ1n) is 7.71. The topological polar surface area (TPSA) is 124 Å². The van der Waals surface area contributed by atoms with Crippen molar-refractivity contribution in [2.24, 2.45) is 12.2 Å². The van der Waals surface area contributed by atoms with Crippen LogP contribution in [0.1, 0.15) is 6.92 Å². The fourth-order valence-electron chi connectivity index (χ4n) is 2.27. The molecule has 0 saturated heterocycles. The largest absolute Gasteiger partial charge is 0.325 e. The van der Waals surface area contributed by atoms with Crippen LogP contribution < -0.4 is 16.0 Å². The van der Waals surface area contributed by atoms with Gasteiger partial charge in [0.2, 0.25) is 15.9 Å². The summed E-state index contributed by atoms with van der Waals surface area (Å²) in [5.74, 6) is -0.302. The number of nitrogens with zero attached hydrogens (tertiary/aromatic N) is 2. The molecule has 1 aromatic carbocycles. The Balaban J connectivity index is 1.75.